The number of carbonyl (C=O) groups is 1. The van der Waals surface area contributed by atoms with Crippen LogP contribution in [0.15, 0.2) is 59.3 Å². The molecule has 15 heteroatoms. The Morgan fingerprint density at radius 1 is 0.900 bits per heavy atom. The molecule has 1 saturated carbocycles. The van der Waals surface area contributed by atoms with Crippen LogP contribution >= 0.6 is 0 Å². The van der Waals surface area contributed by atoms with E-state index in [0.29, 0.717) is 52.8 Å². The zero-order chi connectivity index (χ0) is 41.3. The third-order valence-corrected chi connectivity index (χ3v) is 13.5. The maximum atomic E-state index is 12.3. The number of hydrogen-bond donors (Lipinski definition) is 2. The first-order valence-corrected chi connectivity index (χ1v) is 21.9. The Morgan fingerprint density at radius 3 is 2.37 bits per heavy atom. The summed E-state index contributed by atoms with van der Waals surface area (Å²) < 4.78 is 23.6. The molecule has 60 heavy (non-hydrogen) atoms. The monoisotopic (exact) mass is 821 g/mol. The van der Waals surface area contributed by atoms with Gasteiger partial charge in [-0.3, -0.25) is 4.79 Å². The summed E-state index contributed by atoms with van der Waals surface area (Å²) in [4.78, 5) is 26.7. The maximum Gasteiger partial charge on any atom is 0.316 e. The Balaban J connectivity index is 0.698. The van der Waals surface area contributed by atoms with Crippen LogP contribution in [-0.4, -0.2) is 120 Å². The minimum Gasteiger partial charge on any atom is -0.507 e. The molecule has 5 aliphatic rings. The molecule has 4 aromatic rings. The number of para-hydroxylation sites is 1. The van der Waals surface area contributed by atoms with Gasteiger partial charge in [0.2, 0.25) is 5.88 Å². The van der Waals surface area contributed by atoms with Gasteiger partial charge in [0.15, 0.2) is 17.4 Å². The number of benzene rings is 1. The van der Waals surface area contributed by atoms with E-state index >= 15 is 0 Å². The average Bonchev–Trinajstić information content (AvgIpc) is 3.83. The van der Waals surface area contributed by atoms with E-state index in [0.717, 1.165) is 114 Å². The Hall–Kier alpha value is -5.15. The van der Waals surface area contributed by atoms with Crippen LogP contribution in [0.3, 0.4) is 0 Å². The normalized spacial score (nSPS) is 24.4. The second-order valence-corrected chi connectivity index (χ2v) is 17.8. The highest BCUT2D eigenvalue weighted by molar-refractivity contribution is 5.78. The van der Waals surface area contributed by atoms with Gasteiger partial charge in [-0.1, -0.05) is 31.1 Å². The van der Waals surface area contributed by atoms with Gasteiger partial charge in [-0.15, -0.1) is 10.2 Å². The number of hydrogen-bond acceptors (Lipinski definition) is 15. The first-order valence-electron chi connectivity index (χ1n) is 21.9. The van der Waals surface area contributed by atoms with Gasteiger partial charge in [0.1, 0.15) is 17.8 Å². The number of methoxy groups -OCH3 is 1. The molecule has 0 spiro atoms. The van der Waals surface area contributed by atoms with Crippen LogP contribution in [0.2, 0.25) is 0 Å². The lowest BCUT2D eigenvalue weighted by molar-refractivity contribution is -0.144. The second-order valence-electron chi connectivity index (χ2n) is 17.8. The predicted octanol–water partition coefficient (Wildman–Crippen LogP) is 5.89. The molecule has 0 radical (unpaired) electrons. The van der Waals surface area contributed by atoms with Crippen molar-refractivity contribution in [1.29, 1.82) is 0 Å². The summed E-state index contributed by atoms with van der Waals surface area (Å²) in [5.41, 5.74) is 9.63. The highest BCUT2D eigenvalue weighted by Crippen LogP contribution is 2.40. The molecule has 3 aromatic heterocycles. The summed E-state index contributed by atoms with van der Waals surface area (Å²) >= 11 is 0. The number of phenolic OH excluding ortho intramolecular Hbond substituents is 1. The van der Waals surface area contributed by atoms with Crippen LogP contribution in [-0.2, 0) is 14.3 Å². The number of nitrogen functional groups attached to an aromatic ring is 1. The number of esters is 1. The average molecular weight is 822 g/mol. The summed E-state index contributed by atoms with van der Waals surface area (Å²) in [6.45, 7) is 10.8. The van der Waals surface area contributed by atoms with Crippen molar-refractivity contribution in [3.05, 3.63) is 60.5 Å². The lowest BCUT2D eigenvalue weighted by atomic mass is 9.91. The number of aromatic nitrogens is 4. The van der Waals surface area contributed by atoms with Crippen molar-refractivity contribution in [2.24, 2.45) is 11.8 Å². The lowest BCUT2D eigenvalue weighted by Crippen LogP contribution is -2.54. The van der Waals surface area contributed by atoms with Crippen molar-refractivity contribution in [2.75, 3.05) is 73.4 Å². The topological polar surface area (TPSA) is 169 Å². The number of nitrogens with zero attached hydrogens (tertiary/aromatic N) is 8. The van der Waals surface area contributed by atoms with Crippen molar-refractivity contribution in [1.82, 2.24) is 25.2 Å². The quantitative estimate of drug-likeness (QED) is 0.153. The summed E-state index contributed by atoms with van der Waals surface area (Å²) in [7, 11) is 1.42. The molecular weight excluding hydrogens is 763 g/mol. The van der Waals surface area contributed by atoms with Crippen LogP contribution in [0.1, 0.15) is 76.9 Å². The molecular formula is C45H59N9O6. The Kier molecular flexibility index (Phi) is 11.7. The van der Waals surface area contributed by atoms with E-state index in [9.17, 15) is 9.90 Å². The molecule has 5 fully saturated rings. The summed E-state index contributed by atoms with van der Waals surface area (Å²) in [6.07, 6.45) is 10.9. The Labute approximate surface area is 352 Å². The number of ether oxygens (including phenoxy) is 3. The number of rotatable bonds is 13. The molecule has 1 aliphatic carbocycles. The Morgan fingerprint density at radius 2 is 1.65 bits per heavy atom. The number of pyridine rings is 1. The number of aromatic hydroxyl groups is 1. The van der Waals surface area contributed by atoms with Crippen molar-refractivity contribution in [2.45, 2.75) is 102 Å². The fraction of sp³-hybridized carbons (Fsp3) is 0.578. The fourth-order valence-electron chi connectivity index (χ4n) is 10.1. The number of fused-ring (bicyclic) bond motifs is 2. The van der Waals surface area contributed by atoms with Crippen LogP contribution < -0.4 is 25.2 Å². The molecule has 3 atom stereocenters. The minimum absolute atomic E-state index is 0.0640. The van der Waals surface area contributed by atoms with Gasteiger partial charge in [-0.05, 0) is 74.6 Å². The van der Waals surface area contributed by atoms with Gasteiger partial charge in [-0.25, -0.2) is 4.98 Å². The standard InChI is InChI=1S/C45H59N9O6/c1-28(2)43(45(56)57-3)40-24-41(50-60-40)52-18-11-29(12-19-52)25-51-16-13-33(14-17-51)58-34-21-35(22-34)59-42-20-30(10-15-47-42)54-31-8-9-32(54)27-53(26-31)38-23-37(48-49-44(38)46)36-6-4-5-7-39(36)55/h4-7,10,15,20,23-24,28-29,31-35,43,55H,8-9,11-14,16-19,21-22,25-27H2,1-3H3,(H2,46,49)/t31?,32?,34-,35-,43?. The number of anilines is 4. The molecule has 1 aromatic carbocycles. The van der Waals surface area contributed by atoms with E-state index in [-0.39, 0.29) is 29.8 Å². The molecule has 3 unspecified atom stereocenters. The van der Waals surface area contributed by atoms with Crippen molar-refractivity contribution < 1.29 is 28.6 Å². The largest absolute Gasteiger partial charge is 0.507 e. The zero-order valence-electron chi connectivity index (χ0n) is 35.1. The number of phenols is 1. The van der Waals surface area contributed by atoms with E-state index < -0.39 is 5.92 Å². The van der Waals surface area contributed by atoms with Crippen LogP contribution in [0.5, 0.6) is 11.6 Å². The van der Waals surface area contributed by atoms with E-state index in [4.69, 9.17) is 24.5 Å². The zero-order valence-corrected chi connectivity index (χ0v) is 35.1. The van der Waals surface area contributed by atoms with E-state index in [2.05, 4.69) is 52.1 Å². The molecule has 3 N–H and O–H groups in total. The van der Waals surface area contributed by atoms with E-state index in [1.807, 2.05) is 44.3 Å². The third-order valence-electron chi connectivity index (χ3n) is 13.5. The first kappa shape index (κ1) is 40.3. The predicted molar refractivity (Wildman–Crippen MR) is 228 cm³/mol. The van der Waals surface area contributed by atoms with Crippen molar-refractivity contribution in [3.63, 3.8) is 0 Å². The van der Waals surface area contributed by atoms with Crippen LogP contribution in [0.25, 0.3) is 11.3 Å². The number of piperazine rings is 1. The van der Waals surface area contributed by atoms with Crippen molar-refractivity contribution in [3.8, 4) is 22.9 Å². The molecule has 4 aliphatic heterocycles. The molecule has 4 saturated heterocycles. The summed E-state index contributed by atoms with van der Waals surface area (Å²) in [5, 5.41) is 23.3. The molecule has 15 nitrogen and oxygen atoms in total. The molecule has 320 valence electrons. The maximum absolute atomic E-state index is 12.3. The number of carbonyl (C=O) groups excluding carboxylic acids is 1. The van der Waals surface area contributed by atoms with Gasteiger partial charge in [0.05, 0.1) is 30.7 Å². The first-order chi connectivity index (χ1) is 29.2. The van der Waals surface area contributed by atoms with Gasteiger partial charge in [0, 0.05) is 100 Å². The van der Waals surface area contributed by atoms with Gasteiger partial charge in [-0.2, -0.15) is 0 Å². The van der Waals surface area contributed by atoms with Gasteiger partial charge < -0.3 is 49.2 Å². The molecule has 7 heterocycles. The number of piperidine rings is 2. The summed E-state index contributed by atoms with van der Waals surface area (Å²) in [5.74, 6) is 2.64. The summed E-state index contributed by atoms with van der Waals surface area (Å²) in [6, 6.07) is 15.9. The second kappa shape index (κ2) is 17.4. The van der Waals surface area contributed by atoms with E-state index in [1.54, 1.807) is 12.1 Å². The third kappa shape index (κ3) is 8.56. The molecule has 2 bridgehead atoms. The highest BCUT2D eigenvalue weighted by Gasteiger charge is 2.42. The van der Waals surface area contributed by atoms with Gasteiger partial charge >= 0.3 is 5.97 Å². The van der Waals surface area contributed by atoms with Crippen LogP contribution in [0, 0.1) is 11.8 Å². The van der Waals surface area contributed by atoms with Crippen molar-refractivity contribution >= 4 is 29.0 Å². The number of nitrogens with two attached hydrogens (primary N) is 1. The fourth-order valence-corrected chi connectivity index (χ4v) is 10.1. The van der Waals surface area contributed by atoms with Gasteiger partial charge in [0.25, 0.3) is 0 Å². The SMILES string of the molecule is COC(=O)C(c1cc(N2CCC(CN3CCC(O[C@H]4C[C@H](Oc5cc(N6C7CCC6CN(c6cc(-c8ccccc8O)nnc6N)C7)ccn5)C4)CC3)CC2)no1)C(C)C. The Bertz CT molecular complexity index is 2080. The highest BCUT2D eigenvalue weighted by atomic mass is 16.5. The smallest absolute Gasteiger partial charge is 0.316 e. The van der Waals surface area contributed by atoms with Crippen LogP contribution in [0.4, 0.5) is 23.0 Å². The molecule has 9 rings (SSSR count). The van der Waals surface area contributed by atoms with E-state index in [1.165, 1.54) is 7.11 Å². The lowest BCUT2D eigenvalue weighted by Gasteiger charge is -2.43. The number of likely N-dealkylation sites (tertiary alicyclic amines) is 1. The minimum atomic E-state index is -0.441. The molecule has 0 amide bonds.